The van der Waals surface area contributed by atoms with Gasteiger partial charge < -0.3 is 33.4 Å². The average Bonchev–Trinajstić information content (AvgIpc) is 3.25. The fourth-order valence-corrected chi connectivity index (χ4v) is 12.6. The van der Waals surface area contributed by atoms with Crippen LogP contribution in [0.1, 0.15) is 101 Å². The van der Waals surface area contributed by atoms with Crippen LogP contribution in [0, 0.1) is 5.92 Å². The maximum absolute atomic E-state index is 12.9. The molecule has 1 N–H and O–H groups in total. The summed E-state index contributed by atoms with van der Waals surface area (Å²) < 4.78 is 31.0. The minimum Gasteiger partial charge on any atom is -0.418 e. The van der Waals surface area contributed by atoms with E-state index in [1.165, 1.54) is 6.26 Å². The molecule has 1 aromatic rings. The lowest BCUT2D eigenvalue weighted by molar-refractivity contribution is -0.158. The van der Waals surface area contributed by atoms with Crippen molar-refractivity contribution in [3.63, 3.8) is 0 Å². The fourth-order valence-electron chi connectivity index (χ4n) is 7.11. The van der Waals surface area contributed by atoms with Crippen LogP contribution in [0.4, 0.5) is 4.79 Å². The number of carbonyl (C=O) groups is 1. The Bertz CT molecular complexity index is 998. The van der Waals surface area contributed by atoms with Crippen LogP contribution in [0.5, 0.6) is 0 Å². The Morgan fingerprint density at radius 3 is 2.04 bits per heavy atom. The van der Waals surface area contributed by atoms with Crippen molar-refractivity contribution in [2.75, 3.05) is 13.2 Å². The third-order valence-corrected chi connectivity index (χ3v) is 15.1. The SMILES string of the molecule is CC(C)N(C(=O)O/C=C\[C@H](CCO[Si](C(C)C)(C(C)C)C(C)C)[C@H](O)[C@H]1OC(C)(C)O[C@@H]1CCOCc1ccccc1)C(C)C. The van der Waals surface area contributed by atoms with Gasteiger partial charge in [0, 0.05) is 31.2 Å². The van der Waals surface area contributed by atoms with Crippen molar-refractivity contribution in [3.8, 4) is 0 Å². The molecule has 0 saturated carbocycles. The van der Waals surface area contributed by atoms with Gasteiger partial charge in [-0.05, 0) is 82.6 Å². The zero-order valence-electron chi connectivity index (χ0n) is 30.1. The molecule has 0 aliphatic carbocycles. The lowest BCUT2D eigenvalue weighted by Crippen LogP contribution is -2.48. The lowest BCUT2D eigenvalue weighted by atomic mass is 9.91. The molecular weight excluding hydrogens is 586 g/mol. The highest BCUT2D eigenvalue weighted by molar-refractivity contribution is 6.77. The minimum absolute atomic E-state index is 0.00185. The summed E-state index contributed by atoms with van der Waals surface area (Å²) in [4.78, 5) is 14.6. The quantitative estimate of drug-likeness (QED) is 0.0970. The number of carbonyl (C=O) groups excluding carboxylic acids is 1. The van der Waals surface area contributed by atoms with Gasteiger partial charge in [0.15, 0.2) is 14.1 Å². The molecule has 1 fully saturated rings. The summed E-state index contributed by atoms with van der Waals surface area (Å²) in [6.45, 7) is 26.7. The van der Waals surface area contributed by atoms with Gasteiger partial charge in [0.25, 0.3) is 0 Å². The van der Waals surface area contributed by atoms with Crippen molar-refractivity contribution >= 4 is 14.4 Å². The summed E-state index contributed by atoms with van der Waals surface area (Å²) in [6.07, 6.45) is 2.05. The highest BCUT2D eigenvalue weighted by Crippen LogP contribution is 2.42. The first-order chi connectivity index (χ1) is 21.0. The van der Waals surface area contributed by atoms with Crippen molar-refractivity contribution < 1.29 is 33.3 Å². The van der Waals surface area contributed by atoms with Crippen LogP contribution in [0.25, 0.3) is 0 Å². The molecule has 2 rings (SSSR count). The van der Waals surface area contributed by atoms with E-state index in [-0.39, 0.29) is 18.2 Å². The maximum Gasteiger partial charge on any atom is 0.415 e. The second kappa shape index (κ2) is 18.0. The molecule has 1 heterocycles. The Hall–Kier alpha value is -1.75. The monoisotopic (exact) mass is 649 g/mol. The van der Waals surface area contributed by atoms with E-state index >= 15 is 0 Å². The van der Waals surface area contributed by atoms with E-state index in [4.69, 9.17) is 23.4 Å². The highest BCUT2D eigenvalue weighted by Gasteiger charge is 2.47. The molecule has 45 heavy (non-hydrogen) atoms. The number of rotatable bonds is 18. The average molecular weight is 650 g/mol. The predicted molar refractivity (Wildman–Crippen MR) is 183 cm³/mol. The zero-order chi connectivity index (χ0) is 33.9. The Balaban J connectivity index is 2.23. The molecule has 1 amide bonds. The topological polar surface area (TPSA) is 86.7 Å². The fraction of sp³-hybridized carbons (Fsp3) is 0.750. The molecule has 4 atom stereocenters. The highest BCUT2D eigenvalue weighted by atomic mass is 28.4. The Morgan fingerprint density at radius 1 is 0.933 bits per heavy atom. The summed E-state index contributed by atoms with van der Waals surface area (Å²) in [5.74, 6) is -1.24. The molecule has 1 aliphatic rings. The van der Waals surface area contributed by atoms with Gasteiger partial charge in [0.1, 0.15) is 6.10 Å². The van der Waals surface area contributed by atoms with E-state index in [0.29, 0.717) is 49.3 Å². The van der Waals surface area contributed by atoms with Gasteiger partial charge in [0.05, 0.1) is 25.1 Å². The summed E-state index contributed by atoms with van der Waals surface area (Å²) >= 11 is 0. The molecule has 1 saturated heterocycles. The van der Waals surface area contributed by atoms with E-state index in [0.717, 1.165) is 5.56 Å². The number of benzene rings is 1. The maximum atomic E-state index is 12.9. The summed E-state index contributed by atoms with van der Waals surface area (Å²) in [6, 6.07) is 10.0. The molecule has 1 aliphatic heterocycles. The molecule has 0 aromatic heterocycles. The normalized spacial score (nSPS) is 20.2. The van der Waals surface area contributed by atoms with Gasteiger partial charge in [-0.2, -0.15) is 0 Å². The molecular formula is C36H63NO7Si. The van der Waals surface area contributed by atoms with Gasteiger partial charge >= 0.3 is 6.09 Å². The molecule has 0 radical (unpaired) electrons. The lowest BCUT2D eigenvalue weighted by Gasteiger charge is -2.42. The smallest absolute Gasteiger partial charge is 0.415 e. The molecule has 1 aromatic carbocycles. The Morgan fingerprint density at radius 2 is 1.51 bits per heavy atom. The minimum atomic E-state index is -2.11. The first-order valence-electron chi connectivity index (χ1n) is 17.0. The second-order valence-corrected chi connectivity index (χ2v) is 19.8. The van der Waals surface area contributed by atoms with Crippen LogP contribution in [0.2, 0.25) is 16.6 Å². The van der Waals surface area contributed by atoms with E-state index in [1.54, 1.807) is 11.0 Å². The number of nitrogens with zero attached hydrogens (tertiary/aromatic N) is 1. The Kier molecular flexibility index (Phi) is 15.7. The summed E-state index contributed by atoms with van der Waals surface area (Å²) in [5.41, 5.74) is 2.45. The number of aliphatic hydroxyl groups is 1. The van der Waals surface area contributed by atoms with Gasteiger partial charge in [-0.25, -0.2) is 4.79 Å². The van der Waals surface area contributed by atoms with Crippen LogP contribution in [-0.2, 0) is 30.0 Å². The number of aliphatic hydroxyl groups excluding tert-OH is 1. The van der Waals surface area contributed by atoms with E-state index in [1.807, 2.05) is 71.9 Å². The van der Waals surface area contributed by atoms with Gasteiger partial charge in [0.2, 0.25) is 0 Å². The van der Waals surface area contributed by atoms with Crippen molar-refractivity contribution in [1.29, 1.82) is 0 Å². The Labute approximate surface area is 274 Å². The third kappa shape index (κ3) is 11.2. The molecule has 0 bridgehead atoms. The van der Waals surface area contributed by atoms with E-state index in [2.05, 4.69) is 41.5 Å². The van der Waals surface area contributed by atoms with Crippen LogP contribution < -0.4 is 0 Å². The molecule has 0 unspecified atom stereocenters. The van der Waals surface area contributed by atoms with Crippen LogP contribution in [0.3, 0.4) is 0 Å². The number of ether oxygens (including phenoxy) is 4. The third-order valence-electron chi connectivity index (χ3n) is 8.98. The second-order valence-electron chi connectivity index (χ2n) is 14.4. The molecule has 8 nitrogen and oxygen atoms in total. The van der Waals surface area contributed by atoms with Gasteiger partial charge in [-0.3, -0.25) is 0 Å². The van der Waals surface area contributed by atoms with Crippen LogP contribution in [-0.4, -0.2) is 73.8 Å². The van der Waals surface area contributed by atoms with Crippen molar-refractivity contribution in [3.05, 3.63) is 48.2 Å². The predicted octanol–water partition coefficient (Wildman–Crippen LogP) is 8.44. The zero-order valence-corrected chi connectivity index (χ0v) is 31.1. The summed E-state index contributed by atoms with van der Waals surface area (Å²) in [7, 11) is -2.11. The molecule has 258 valence electrons. The first-order valence-corrected chi connectivity index (χ1v) is 19.1. The first kappa shape index (κ1) is 39.4. The number of hydrogen-bond donors (Lipinski definition) is 1. The van der Waals surface area contributed by atoms with Gasteiger partial charge in [-0.15, -0.1) is 0 Å². The molecule has 0 spiro atoms. The van der Waals surface area contributed by atoms with Gasteiger partial charge in [-0.1, -0.05) is 71.9 Å². The summed E-state index contributed by atoms with van der Waals surface area (Å²) in [5, 5.41) is 11.9. The van der Waals surface area contributed by atoms with Crippen LogP contribution >= 0.6 is 0 Å². The van der Waals surface area contributed by atoms with Crippen LogP contribution in [0.15, 0.2) is 42.7 Å². The van der Waals surface area contributed by atoms with Crippen molar-refractivity contribution in [2.24, 2.45) is 5.92 Å². The van der Waals surface area contributed by atoms with Crippen molar-refractivity contribution in [1.82, 2.24) is 4.90 Å². The van der Waals surface area contributed by atoms with Crippen molar-refractivity contribution in [2.45, 2.75) is 155 Å². The largest absolute Gasteiger partial charge is 0.418 e. The van der Waals surface area contributed by atoms with E-state index in [9.17, 15) is 9.90 Å². The number of hydrogen-bond acceptors (Lipinski definition) is 7. The standard InChI is InChI=1S/C36H63NO7Si/c1-25(2)37(26(3)4)35(39)41-22-18-31(19-23-42-45(27(5)6,28(7)8)29(9)10)33(38)34-32(43-36(11,12)44-34)20-21-40-24-30-16-14-13-15-17-30/h13-18,22,25-29,31-34,38H,19-21,23-24H2,1-12H3/b22-18-/t31-,32-,33+,34+/m1/s1. The molecule has 9 heteroatoms. The number of amides is 1. The van der Waals surface area contributed by atoms with E-state index < -0.39 is 38.3 Å².